The number of esters is 1. The number of carbonyl (C=O) groups excluding carboxylic acids is 2. The van der Waals surface area contributed by atoms with Gasteiger partial charge < -0.3 is 29.5 Å². The Balaban J connectivity index is 1.15. The third-order valence-electron chi connectivity index (χ3n) is 10.0. The molecule has 3 aromatic rings. The van der Waals surface area contributed by atoms with Crippen molar-refractivity contribution < 1.29 is 42.9 Å². The fourth-order valence-electron chi connectivity index (χ4n) is 7.05. The number of amides is 1. The van der Waals surface area contributed by atoms with Crippen LogP contribution in [0.2, 0.25) is 0 Å². The number of aliphatic hydroxyl groups excluding tert-OH is 1. The quantitative estimate of drug-likeness (QED) is 0.0845. The van der Waals surface area contributed by atoms with Gasteiger partial charge in [0.05, 0.1) is 5.69 Å². The minimum Gasteiger partial charge on any atom is -0.461 e. The smallest absolute Gasteiger partial charge is 0.459 e. The predicted octanol–water partition coefficient (Wildman–Crippen LogP) is 5.39. The minimum absolute atomic E-state index is 0.155. The zero-order chi connectivity index (χ0) is 35.5. The third-order valence-corrected chi connectivity index (χ3v) is 11.7. The standard InChI is InChI=1S/C35H48N5O9P/c1-4-5-6-7-14-19-28(41)38-31-27-21-20-26(40(27)37-22-36-31)29-30(42)35(44)33(34(35,3)47-29)49-50(45,48-25-17-12-9-13-18-25)39-23(2)32(43)46-24-15-10-8-11-16-24/h9,12-13,17-18,20-24,29-30,33,42,44H,4-8,10-11,14-16,19H2,1-3H3,(H,39,45)(H,36,37,38,41)/t23-,29-,30-,33?,34+,35+,50+/m0/s1. The van der Waals surface area contributed by atoms with E-state index in [2.05, 4.69) is 27.4 Å². The lowest BCUT2D eigenvalue weighted by Gasteiger charge is -2.28. The van der Waals surface area contributed by atoms with E-state index in [1.165, 1.54) is 17.8 Å². The maximum atomic E-state index is 14.3. The number of nitrogens with zero attached hydrogens (tertiary/aromatic N) is 3. The van der Waals surface area contributed by atoms with Crippen LogP contribution in [0.3, 0.4) is 0 Å². The monoisotopic (exact) mass is 713 g/mol. The second kappa shape index (κ2) is 15.1. The first-order valence-electron chi connectivity index (χ1n) is 17.7. The zero-order valence-electron chi connectivity index (χ0n) is 28.8. The Morgan fingerprint density at radius 2 is 1.84 bits per heavy atom. The lowest BCUT2D eigenvalue weighted by atomic mass is 9.98. The molecule has 50 heavy (non-hydrogen) atoms. The first kappa shape index (κ1) is 36.4. The highest BCUT2D eigenvalue weighted by Gasteiger charge is 2.87. The van der Waals surface area contributed by atoms with Gasteiger partial charge in [-0.1, -0.05) is 57.2 Å². The molecule has 15 heteroatoms. The van der Waals surface area contributed by atoms with E-state index in [4.69, 9.17) is 18.5 Å². The summed E-state index contributed by atoms with van der Waals surface area (Å²) >= 11 is 0. The lowest BCUT2D eigenvalue weighted by Crippen LogP contribution is -2.39. The summed E-state index contributed by atoms with van der Waals surface area (Å²) in [5, 5.41) is 33.2. The zero-order valence-corrected chi connectivity index (χ0v) is 29.7. The van der Waals surface area contributed by atoms with Gasteiger partial charge in [-0.3, -0.25) is 14.1 Å². The Morgan fingerprint density at radius 3 is 2.54 bits per heavy atom. The number of nitrogens with one attached hydrogen (secondary N) is 2. The van der Waals surface area contributed by atoms with Crippen molar-refractivity contribution in [3.63, 3.8) is 0 Å². The average Bonchev–Trinajstić information content (AvgIpc) is 3.36. The van der Waals surface area contributed by atoms with Gasteiger partial charge in [-0.2, -0.15) is 10.2 Å². The fraction of sp³-hybridized carbons (Fsp3) is 0.600. The van der Waals surface area contributed by atoms with Crippen LogP contribution in [0, 0.1) is 0 Å². The van der Waals surface area contributed by atoms with Gasteiger partial charge in [0.1, 0.15) is 53.7 Å². The maximum absolute atomic E-state index is 14.3. The summed E-state index contributed by atoms with van der Waals surface area (Å²) in [6, 6.07) is 10.6. The van der Waals surface area contributed by atoms with Crippen molar-refractivity contribution >= 4 is 31.0 Å². The van der Waals surface area contributed by atoms with Gasteiger partial charge >= 0.3 is 13.7 Å². The molecule has 0 radical (unpaired) electrons. The molecule has 1 saturated heterocycles. The molecule has 3 heterocycles. The highest BCUT2D eigenvalue weighted by Crippen LogP contribution is 2.68. The maximum Gasteiger partial charge on any atom is 0.459 e. The number of fused-ring (bicyclic) bond motifs is 2. The molecule has 1 aliphatic heterocycles. The van der Waals surface area contributed by atoms with Gasteiger partial charge in [-0.25, -0.2) is 14.1 Å². The number of para-hydroxylation sites is 1. The summed E-state index contributed by atoms with van der Waals surface area (Å²) < 4.78 is 39.5. The molecule has 2 aliphatic carbocycles. The Morgan fingerprint density at radius 1 is 1.10 bits per heavy atom. The Hall–Kier alpha value is -3.39. The van der Waals surface area contributed by atoms with Crippen molar-refractivity contribution in [2.24, 2.45) is 0 Å². The van der Waals surface area contributed by atoms with Crippen molar-refractivity contribution in [3.05, 3.63) is 54.5 Å². The van der Waals surface area contributed by atoms with Gasteiger partial charge in [0, 0.05) is 6.42 Å². The normalized spacial score (nSPS) is 28.1. The third kappa shape index (κ3) is 7.33. The molecule has 2 saturated carbocycles. The highest BCUT2D eigenvalue weighted by molar-refractivity contribution is 7.52. The second-order valence-corrected chi connectivity index (χ2v) is 15.4. The summed E-state index contributed by atoms with van der Waals surface area (Å²) in [4.78, 5) is 29.9. The van der Waals surface area contributed by atoms with E-state index >= 15 is 0 Å². The first-order valence-corrected chi connectivity index (χ1v) is 19.3. The molecule has 0 bridgehead atoms. The molecule has 0 spiro atoms. The van der Waals surface area contributed by atoms with Crippen LogP contribution in [-0.4, -0.2) is 72.2 Å². The summed E-state index contributed by atoms with van der Waals surface area (Å²) in [5.41, 5.74) is -2.60. The average molecular weight is 714 g/mol. The molecule has 6 rings (SSSR count). The van der Waals surface area contributed by atoms with E-state index < -0.39 is 49.3 Å². The molecule has 4 N–H and O–H groups in total. The van der Waals surface area contributed by atoms with Gasteiger partial charge in [-0.05, 0) is 70.2 Å². The first-order chi connectivity index (χ1) is 24.0. The highest BCUT2D eigenvalue weighted by atomic mass is 31.2. The minimum atomic E-state index is -4.39. The molecular weight excluding hydrogens is 665 g/mol. The van der Waals surface area contributed by atoms with E-state index in [1.54, 1.807) is 49.4 Å². The molecule has 3 aliphatic rings. The van der Waals surface area contributed by atoms with Gasteiger partial charge in [0.15, 0.2) is 11.4 Å². The number of aliphatic hydroxyl groups is 2. The molecule has 1 amide bonds. The van der Waals surface area contributed by atoms with Gasteiger partial charge in [-0.15, -0.1) is 0 Å². The van der Waals surface area contributed by atoms with E-state index in [0.717, 1.165) is 64.2 Å². The van der Waals surface area contributed by atoms with Crippen LogP contribution in [0.15, 0.2) is 48.8 Å². The van der Waals surface area contributed by atoms with E-state index in [0.29, 0.717) is 23.4 Å². The van der Waals surface area contributed by atoms with Crippen LogP contribution in [-0.2, 0) is 28.2 Å². The van der Waals surface area contributed by atoms with E-state index in [9.17, 15) is 24.4 Å². The number of hydrogen-bond acceptors (Lipinski definition) is 11. The van der Waals surface area contributed by atoms with Crippen LogP contribution in [0.1, 0.15) is 103 Å². The molecule has 2 aromatic heterocycles. The lowest BCUT2D eigenvalue weighted by molar-refractivity contribution is -0.152. The topological polar surface area (TPSA) is 183 Å². The van der Waals surface area contributed by atoms with Gasteiger partial charge in [0.2, 0.25) is 5.91 Å². The SMILES string of the molecule is CCCCCCCC(=O)Nc1ncnn2c([C@@H]3O[C@]4(C)C(O[P@@](=O)(N[C@@H](C)C(=O)OC5CCCCC5)Oc5ccccc5)[C@]4(O)[C@H]3O)ccc12. The molecule has 14 nitrogen and oxygen atoms in total. The number of hydrogen-bond donors (Lipinski definition) is 4. The molecule has 272 valence electrons. The number of aromatic nitrogens is 3. The molecule has 1 unspecified atom stereocenters. The van der Waals surface area contributed by atoms with Crippen LogP contribution in [0.5, 0.6) is 5.75 Å². The molecular formula is C35H48N5O9P. The van der Waals surface area contributed by atoms with Crippen LogP contribution in [0.25, 0.3) is 5.52 Å². The number of unbranched alkanes of at least 4 members (excludes halogenated alkanes) is 4. The van der Waals surface area contributed by atoms with E-state index in [1.807, 2.05) is 0 Å². The summed E-state index contributed by atoms with van der Waals surface area (Å²) in [7, 11) is -4.39. The van der Waals surface area contributed by atoms with E-state index in [-0.39, 0.29) is 17.8 Å². The predicted molar refractivity (Wildman–Crippen MR) is 183 cm³/mol. The number of rotatable bonds is 16. The van der Waals surface area contributed by atoms with Crippen LogP contribution in [0.4, 0.5) is 5.82 Å². The molecule has 7 atom stereocenters. The van der Waals surface area contributed by atoms with Crippen LogP contribution < -0.4 is 14.9 Å². The van der Waals surface area contributed by atoms with Crippen molar-refractivity contribution in [1.29, 1.82) is 0 Å². The number of anilines is 1. The fourth-order valence-corrected chi connectivity index (χ4v) is 8.83. The van der Waals surface area contributed by atoms with Crippen molar-refractivity contribution in [2.75, 3.05) is 5.32 Å². The summed E-state index contributed by atoms with van der Waals surface area (Å²) in [6.45, 7) is 5.19. The van der Waals surface area contributed by atoms with Crippen molar-refractivity contribution in [1.82, 2.24) is 19.7 Å². The second-order valence-electron chi connectivity index (χ2n) is 13.7. The Bertz CT molecular complexity index is 1700. The Labute approximate surface area is 291 Å². The van der Waals surface area contributed by atoms with Crippen molar-refractivity contribution in [2.45, 2.75) is 133 Å². The number of ether oxygens (including phenoxy) is 2. The largest absolute Gasteiger partial charge is 0.461 e. The van der Waals surface area contributed by atoms with Crippen LogP contribution >= 0.6 is 7.75 Å². The summed E-state index contributed by atoms with van der Waals surface area (Å²) in [5.74, 6) is -0.233. The van der Waals surface area contributed by atoms with Gasteiger partial charge in [0.25, 0.3) is 0 Å². The molecule has 1 aromatic carbocycles. The number of carbonyl (C=O) groups is 2. The van der Waals surface area contributed by atoms with Crippen molar-refractivity contribution in [3.8, 4) is 5.75 Å². The number of benzene rings is 1. The Kier molecular flexibility index (Phi) is 11.0. The molecule has 3 fully saturated rings. The summed E-state index contributed by atoms with van der Waals surface area (Å²) in [6.07, 6.45) is 7.29.